The molecule has 13 heteroatoms. The summed E-state index contributed by atoms with van der Waals surface area (Å²) in [4.78, 5) is 90.4. The Morgan fingerprint density at radius 1 is 0.847 bits per heavy atom. The fraction of sp³-hybridized carbons (Fsp3) is 0.435. The summed E-state index contributed by atoms with van der Waals surface area (Å²) in [6.07, 6.45) is 4.16. The van der Waals surface area contributed by atoms with Crippen LogP contribution in [0.25, 0.3) is 10.9 Å². The first-order valence-electron chi connectivity index (χ1n) is 21.0. The van der Waals surface area contributed by atoms with E-state index in [1.807, 2.05) is 29.2 Å². The summed E-state index contributed by atoms with van der Waals surface area (Å²) in [5, 5.41) is 3.23. The van der Waals surface area contributed by atoms with Crippen molar-refractivity contribution in [3.8, 4) is 0 Å². The first-order chi connectivity index (χ1) is 28.5. The molecule has 5 amide bonds. The zero-order chi connectivity index (χ0) is 41.2. The van der Waals surface area contributed by atoms with E-state index in [2.05, 4.69) is 53.0 Å². The molecular weight excluding hydrogens is 765 g/mol. The number of carbonyl (C=O) groups excluding carboxylic acids is 6. The first kappa shape index (κ1) is 39.2. The standard InChI is InChI=1S/C46H50N6O6S/c1-4-27-25-31-32(46(2,3)42-40(41(31)55)29-9-5-6-11-33(29)47-42)26-35(27)50-18-16-28(17-19-50)49-20-22-51(23-21-49)38(54)13-8-24-59-36-12-7-10-30-39(36)45(58)52(44(30)57)34-14-15-37(53)48-43(34)56/h5-7,9-12,25-26,28,34,47H,4,8,13-24H2,1-3H3,(H,48,53,56). The summed E-state index contributed by atoms with van der Waals surface area (Å²) in [6.45, 7) is 11.6. The summed E-state index contributed by atoms with van der Waals surface area (Å²) in [6, 6.07) is 17.1. The van der Waals surface area contributed by atoms with Crippen LogP contribution in [0.15, 0.2) is 59.5 Å². The number of amides is 5. The SMILES string of the molecule is CCc1cc2c(cc1N1CCC(N3CCN(C(=O)CCCSc4cccc5c4C(=O)N(C4CCC(=O)NC4=O)C5=O)CC3)CC1)C(C)(C)c1[nH]c3ccccc3c1C2=O. The fourth-order valence-corrected chi connectivity index (χ4v) is 11.0. The maximum absolute atomic E-state index is 14.0. The van der Waals surface area contributed by atoms with Crippen molar-refractivity contribution in [1.29, 1.82) is 0 Å². The van der Waals surface area contributed by atoms with Crippen molar-refractivity contribution >= 4 is 63.7 Å². The number of thioether (sulfide) groups is 1. The molecule has 0 bridgehead atoms. The minimum absolute atomic E-state index is 0.0724. The zero-order valence-electron chi connectivity index (χ0n) is 33.9. The number of hydrogen-bond donors (Lipinski definition) is 2. The third kappa shape index (κ3) is 6.76. The van der Waals surface area contributed by atoms with Gasteiger partial charge in [0, 0.05) is 96.3 Å². The molecule has 5 aliphatic rings. The number of piperidine rings is 2. The van der Waals surface area contributed by atoms with Crippen molar-refractivity contribution < 1.29 is 28.8 Å². The van der Waals surface area contributed by atoms with Crippen molar-refractivity contribution in [2.75, 3.05) is 49.9 Å². The van der Waals surface area contributed by atoms with Gasteiger partial charge in [-0.1, -0.05) is 45.0 Å². The Morgan fingerprint density at radius 2 is 1.61 bits per heavy atom. The highest BCUT2D eigenvalue weighted by Gasteiger charge is 2.46. The number of piperazine rings is 1. The number of nitrogens with zero attached hydrogens (tertiary/aromatic N) is 4. The molecule has 1 unspecified atom stereocenters. The predicted molar refractivity (Wildman–Crippen MR) is 226 cm³/mol. The van der Waals surface area contributed by atoms with E-state index in [1.54, 1.807) is 18.2 Å². The van der Waals surface area contributed by atoms with Crippen LogP contribution < -0.4 is 10.2 Å². The Balaban J connectivity index is 0.765. The number of aromatic nitrogens is 1. The van der Waals surface area contributed by atoms with Crippen LogP contribution in [0.1, 0.15) is 113 Å². The minimum Gasteiger partial charge on any atom is -0.371 e. The number of hydrogen-bond acceptors (Lipinski definition) is 9. The van der Waals surface area contributed by atoms with Crippen molar-refractivity contribution in [1.82, 2.24) is 25.0 Å². The van der Waals surface area contributed by atoms with E-state index in [9.17, 15) is 28.8 Å². The molecule has 0 saturated carbocycles. The lowest BCUT2D eigenvalue weighted by Crippen LogP contribution is -2.54. The Bertz CT molecular complexity index is 2420. The van der Waals surface area contributed by atoms with Crippen LogP contribution in [-0.2, 0) is 26.2 Å². The number of carbonyl (C=O) groups is 6. The number of benzene rings is 3. The Hall–Kier alpha value is -5.27. The third-order valence-corrected chi connectivity index (χ3v) is 14.4. The maximum Gasteiger partial charge on any atom is 0.263 e. The topological polar surface area (TPSA) is 143 Å². The van der Waals surface area contributed by atoms with E-state index in [0.717, 1.165) is 83.6 Å². The summed E-state index contributed by atoms with van der Waals surface area (Å²) in [5.41, 5.74) is 7.37. The monoisotopic (exact) mass is 814 g/mol. The van der Waals surface area contributed by atoms with E-state index in [1.165, 1.54) is 23.0 Å². The molecule has 1 aliphatic carbocycles. The van der Waals surface area contributed by atoms with E-state index < -0.39 is 29.7 Å². The average Bonchev–Trinajstić information content (AvgIpc) is 3.77. The second kappa shape index (κ2) is 15.4. The quantitative estimate of drug-likeness (QED) is 0.124. The summed E-state index contributed by atoms with van der Waals surface area (Å²) in [7, 11) is 0. The van der Waals surface area contributed by atoms with Crippen molar-refractivity contribution in [2.45, 2.75) is 88.1 Å². The smallest absolute Gasteiger partial charge is 0.263 e. The number of nitrogens with one attached hydrogen (secondary N) is 2. The normalized spacial score (nSPS) is 20.9. The maximum atomic E-state index is 14.0. The molecule has 4 aromatic rings. The number of rotatable bonds is 9. The van der Waals surface area contributed by atoms with E-state index in [-0.39, 0.29) is 35.5 Å². The lowest BCUT2D eigenvalue weighted by molar-refractivity contribution is -0.136. The number of para-hydroxylation sites is 1. The van der Waals surface area contributed by atoms with Crippen molar-refractivity contribution in [3.63, 3.8) is 0 Å². The highest BCUT2D eigenvalue weighted by molar-refractivity contribution is 7.99. The molecule has 306 valence electrons. The second-order valence-electron chi connectivity index (χ2n) is 17.0. The Labute approximate surface area is 348 Å². The van der Waals surface area contributed by atoms with Gasteiger partial charge in [0.15, 0.2) is 5.78 Å². The molecule has 5 heterocycles. The largest absolute Gasteiger partial charge is 0.371 e. The van der Waals surface area contributed by atoms with Crippen LogP contribution in [-0.4, -0.2) is 112 Å². The summed E-state index contributed by atoms with van der Waals surface area (Å²) >= 11 is 1.44. The van der Waals surface area contributed by atoms with E-state index >= 15 is 0 Å². The van der Waals surface area contributed by atoms with Gasteiger partial charge in [0.25, 0.3) is 11.8 Å². The van der Waals surface area contributed by atoms with Crippen molar-refractivity contribution in [3.05, 3.63) is 93.7 Å². The number of aromatic amines is 1. The number of anilines is 1. The van der Waals surface area contributed by atoms with Crippen LogP contribution >= 0.6 is 11.8 Å². The molecular formula is C46H50N6O6S. The molecule has 3 saturated heterocycles. The molecule has 12 nitrogen and oxygen atoms in total. The Morgan fingerprint density at radius 3 is 2.36 bits per heavy atom. The van der Waals surface area contributed by atoms with Gasteiger partial charge in [-0.15, -0.1) is 11.8 Å². The van der Waals surface area contributed by atoms with Gasteiger partial charge in [0.2, 0.25) is 17.7 Å². The molecule has 9 rings (SSSR count). The van der Waals surface area contributed by atoms with Crippen molar-refractivity contribution in [2.24, 2.45) is 0 Å². The molecule has 0 radical (unpaired) electrons. The lowest BCUT2D eigenvalue weighted by atomic mass is 9.70. The van der Waals surface area contributed by atoms with Crippen LogP contribution in [0, 0.1) is 0 Å². The predicted octanol–water partition coefficient (Wildman–Crippen LogP) is 5.69. The number of fused-ring (bicyclic) bond motifs is 5. The lowest BCUT2D eigenvalue weighted by Gasteiger charge is -2.44. The zero-order valence-corrected chi connectivity index (χ0v) is 34.7. The molecule has 4 aliphatic heterocycles. The van der Waals surface area contributed by atoms with Gasteiger partial charge in [-0.2, -0.15) is 0 Å². The average molecular weight is 815 g/mol. The van der Waals surface area contributed by atoms with Crippen LogP contribution in [0.2, 0.25) is 0 Å². The molecule has 2 N–H and O–H groups in total. The van der Waals surface area contributed by atoms with Gasteiger partial charge in [0.05, 0.1) is 16.7 Å². The van der Waals surface area contributed by atoms with Crippen LogP contribution in [0.4, 0.5) is 5.69 Å². The van der Waals surface area contributed by atoms with Gasteiger partial charge >= 0.3 is 0 Å². The molecule has 1 atom stereocenters. The third-order valence-electron chi connectivity index (χ3n) is 13.3. The molecule has 3 aromatic carbocycles. The van der Waals surface area contributed by atoms with E-state index in [0.29, 0.717) is 48.2 Å². The van der Waals surface area contributed by atoms with Crippen LogP contribution in [0.5, 0.6) is 0 Å². The minimum atomic E-state index is -1.00. The van der Waals surface area contributed by atoms with Gasteiger partial charge in [-0.3, -0.25) is 43.9 Å². The van der Waals surface area contributed by atoms with E-state index in [4.69, 9.17) is 0 Å². The second-order valence-corrected chi connectivity index (χ2v) is 18.1. The number of imide groups is 2. The number of aryl methyl sites for hydroxylation is 1. The Kier molecular flexibility index (Phi) is 10.2. The summed E-state index contributed by atoms with van der Waals surface area (Å²) in [5.74, 6) is -1.23. The molecule has 3 fully saturated rings. The number of H-pyrrole nitrogens is 1. The fourth-order valence-electron chi connectivity index (χ4n) is 10.0. The van der Waals surface area contributed by atoms with Gasteiger partial charge in [-0.05, 0) is 79.3 Å². The molecule has 1 aromatic heterocycles. The number of ketones is 1. The highest BCUT2D eigenvalue weighted by atomic mass is 32.2. The van der Waals surface area contributed by atoms with Gasteiger partial charge < -0.3 is 14.8 Å². The first-order valence-corrected chi connectivity index (χ1v) is 22.0. The van der Waals surface area contributed by atoms with Crippen LogP contribution in [0.3, 0.4) is 0 Å². The summed E-state index contributed by atoms with van der Waals surface area (Å²) < 4.78 is 0. The highest BCUT2D eigenvalue weighted by Crippen LogP contribution is 2.46. The van der Waals surface area contributed by atoms with Gasteiger partial charge in [0.1, 0.15) is 6.04 Å². The molecule has 59 heavy (non-hydrogen) atoms. The molecule has 0 spiro atoms. The van der Waals surface area contributed by atoms with Gasteiger partial charge in [-0.25, -0.2) is 0 Å².